The number of hydrogen-bond donors (Lipinski definition) is 1. The Kier molecular flexibility index (Phi) is 5.21. The SMILES string of the molecule is CNCC1CCCN(C(=O)c2cnn(-c3cccc(Cl)c3)c2C)C1. The van der Waals surface area contributed by atoms with Crippen molar-refractivity contribution in [2.24, 2.45) is 5.92 Å². The van der Waals surface area contributed by atoms with E-state index in [1.54, 1.807) is 10.9 Å². The number of carbonyl (C=O) groups excluding carboxylic acids is 1. The number of halogens is 1. The lowest BCUT2D eigenvalue weighted by Crippen LogP contribution is -2.42. The van der Waals surface area contributed by atoms with Gasteiger partial charge in [0.2, 0.25) is 0 Å². The average molecular weight is 347 g/mol. The molecule has 0 aliphatic carbocycles. The van der Waals surface area contributed by atoms with E-state index >= 15 is 0 Å². The molecule has 1 aliphatic rings. The van der Waals surface area contributed by atoms with Crippen LogP contribution in [0.1, 0.15) is 28.9 Å². The minimum Gasteiger partial charge on any atom is -0.338 e. The number of nitrogens with one attached hydrogen (secondary N) is 1. The largest absolute Gasteiger partial charge is 0.338 e. The predicted octanol–water partition coefficient (Wildman–Crippen LogP) is 2.91. The molecule has 5 nitrogen and oxygen atoms in total. The molecule has 1 aromatic carbocycles. The number of amides is 1. The van der Waals surface area contributed by atoms with Gasteiger partial charge in [-0.25, -0.2) is 4.68 Å². The third kappa shape index (κ3) is 3.47. The lowest BCUT2D eigenvalue weighted by molar-refractivity contribution is 0.0673. The zero-order valence-electron chi connectivity index (χ0n) is 14.1. The van der Waals surface area contributed by atoms with Crippen LogP contribution < -0.4 is 5.32 Å². The van der Waals surface area contributed by atoms with Gasteiger partial charge in [-0.05, 0) is 57.5 Å². The van der Waals surface area contributed by atoms with E-state index in [1.807, 2.05) is 43.1 Å². The Hall–Kier alpha value is -1.85. The number of nitrogens with zero attached hydrogens (tertiary/aromatic N) is 3. The van der Waals surface area contributed by atoms with E-state index in [0.29, 0.717) is 16.5 Å². The first-order valence-electron chi connectivity index (χ1n) is 8.34. The fourth-order valence-electron chi connectivity index (χ4n) is 3.36. The summed E-state index contributed by atoms with van der Waals surface area (Å²) in [6, 6.07) is 7.49. The van der Waals surface area contributed by atoms with Crippen LogP contribution in [-0.2, 0) is 0 Å². The van der Waals surface area contributed by atoms with Crippen molar-refractivity contribution in [2.45, 2.75) is 19.8 Å². The molecule has 1 aliphatic heterocycles. The van der Waals surface area contributed by atoms with Gasteiger partial charge in [0.25, 0.3) is 5.91 Å². The van der Waals surface area contributed by atoms with Gasteiger partial charge in [0.1, 0.15) is 0 Å². The van der Waals surface area contributed by atoms with E-state index in [-0.39, 0.29) is 5.91 Å². The highest BCUT2D eigenvalue weighted by Crippen LogP contribution is 2.22. The quantitative estimate of drug-likeness (QED) is 0.926. The molecule has 1 atom stereocenters. The third-order valence-electron chi connectivity index (χ3n) is 4.59. The summed E-state index contributed by atoms with van der Waals surface area (Å²) in [6.07, 6.45) is 3.89. The third-order valence-corrected chi connectivity index (χ3v) is 4.83. The van der Waals surface area contributed by atoms with Crippen LogP contribution in [-0.4, -0.2) is 47.3 Å². The number of piperidine rings is 1. The average Bonchev–Trinajstić information content (AvgIpc) is 2.96. The van der Waals surface area contributed by atoms with Gasteiger partial charge in [-0.15, -0.1) is 0 Å². The molecule has 1 N–H and O–H groups in total. The van der Waals surface area contributed by atoms with Crippen molar-refractivity contribution in [2.75, 3.05) is 26.7 Å². The Balaban J connectivity index is 1.81. The van der Waals surface area contributed by atoms with Crippen molar-refractivity contribution < 1.29 is 4.79 Å². The zero-order chi connectivity index (χ0) is 17.1. The van der Waals surface area contributed by atoms with E-state index in [0.717, 1.165) is 37.4 Å². The second kappa shape index (κ2) is 7.36. The van der Waals surface area contributed by atoms with Gasteiger partial charge >= 0.3 is 0 Å². The maximum absolute atomic E-state index is 12.9. The second-order valence-corrected chi connectivity index (χ2v) is 6.79. The van der Waals surface area contributed by atoms with Crippen LogP contribution in [0.4, 0.5) is 0 Å². The highest BCUT2D eigenvalue weighted by molar-refractivity contribution is 6.30. The highest BCUT2D eigenvalue weighted by Gasteiger charge is 2.26. The van der Waals surface area contributed by atoms with Gasteiger partial charge in [-0.3, -0.25) is 4.79 Å². The standard InChI is InChI=1S/C18H23ClN4O/c1-13-17(11-21-23(13)16-7-3-6-15(19)9-16)18(24)22-8-4-5-14(12-22)10-20-2/h3,6-7,9,11,14,20H,4-5,8,10,12H2,1-2H3. The van der Waals surface area contributed by atoms with Gasteiger partial charge < -0.3 is 10.2 Å². The van der Waals surface area contributed by atoms with Crippen LogP contribution in [0.25, 0.3) is 5.69 Å². The molecule has 1 saturated heterocycles. The summed E-state index contributed by atoms with van der Waals surface area (Å²) in [7, 11) is 1.96. The molecule has 1 amide bonds. The Morgan fingerprint density at radius 2 is 2.29 bits per heavy atom. The number of carbonyl (C=O) groups is 1. The van der Waals surface area contributed by atoms with Gasteiger partial charge in [-0.1, -0.05) is 17.7 Å². The first-order valence-corrected chi connectivity index (χ1v) is 8.72. The first-order chi connectivity index (χ1) is 11.6. The maximum Gasteiger partial charge on any atom is 0.257 e. The van der Waals surface area contributed by atoms with E-state index in [2.05, 4.69) is 10.4 Å². The summed E-state index contributed by atoms with van der Waals surface area (Å²) in [5.74, 6) is 0.595. The van der Waals surface area contributed by atoms with Gasteiger partial charge in [-0.2, -0.15) is 5.10 Å². The monoisotopic (exact) mass is 346 g/mol. The van der Waals surface area contributed by atoms with Gasteiger partial charge in [0.05, 0.1) is 23.1 Å². The molecule has 0 saturated carbocycles. The predicted molar refractivity (Wildman–Crippen MR) is 95.9 cm³/mol. The van der Waals surface area contributed by atoms with Crippen LogP contribution >= 0.6 is 11.6 Å². The lowest BCUT2D eigenvalue weighted by Gasteiger charge is -2.32. The molecule has 3 rings (SSSR count). The van der Waals surface area contributed by atoms with E-state index in [4.69, 9.17) is 11.6 Å². The Bertz CT molecular complexity index is 726. The summed E-state index contributed by atoms with van der Waals surface area (Å²) in [5, 5.41) is 8.26. The lowest BCUT2D eigenvalue weighted by atomic mass is 9.97. The van der Waals surface area contributed by atoms with Crippen molar-refractivity contribution >= 4 is 17.5 Å². The summed E-state index contributed by atoms with van der Waals surface area (Å²) >= 11 is 6.06. The zero-order valence-corrected chi connectivity index (χ0v) is 14.9. The van der Waals surface area contributed by atoms with Gasteiger partial charge in [0.15, 0.2) is 0 Å². The van der Waals surface area contributed by atoms with Crippen LogP contribution in [0.3, 0.4) is 0 Å². The second-order valence-electron chi connectivity index (χ2n) is 6.35. The summed E-state index contributed by atoms with van der Waals surface area (Å²) in [4.78, 5) is 14.9. The fraction of sp³-hybridized carbons (Fsp3) is 0.444. The summed E-state index contributed by atoms with van der Waals surface area (Å²) in [6.45, 7) is 4.50. The molecule has 6 heteroatoms. The maximum atomic E-state index is 12.9. The molecule has 0 radical (unpaired) electrons. The van der Waals surface area contributed by atoms with Crippen molar-refractivity contribution in [1.29, 1.82) is 0 Å². The molecular weight excluding hydrogens is 324 g/mol. The van der Waals surface area contributed by atoms with Crippen molar-refractivity contribution in [3.63, 3.8) is 0 Å². The summed E-state index contributed by atoms with van der Waals surface area (Å²) in [5.41, 5.74) is 2.38. The first kappa shape index (κ1) is 17.0. The number of aromatic nitrogens is 2. The fourth-order valence-corrected chi connectivity index (χ4v) is 3.55. The number of hydrogen-bond acceptors (Lipinski definition) is 3. The van der Waals surface area contributed by atoms with Crippen LogP contribution in [0.15, 0.2) is 30.5 Å². The van der Waals surface area contributed by atoms with Crippen LogP contribution in [0, 0.1) is 12.8 Å². The molecule has 2 heterocycles. The Labute approximate surface area is 147 Å². The van der Waals surface area contributed by atoms with Crippen LogP contribution in [0.5, 0.6) is 0 Å². The smallest absolute Gasteiger partial charge is 0.257 e. The summed E-state index contributed by atoms with van der Waals surface area (Å²) < 4.78 is 1.77. The molecule has 1 unspecified atom stereocenters. The van der Waals surface area contributed by atoms with Crippen molar-refractivity contribution in [3.05, 3.63) is 46.7 Å². The Morgan fingerprint density at radius 1 is 1.46 bits per heavy atom. The minimum atomic E-state index is 0.0709. The molecular formula is C18H23ClN4O. The molecule has 0 spiro atoms. The van der Waals surface area contributed by atoms with E-state index < -0.39 is 0 Å². The normalized spacial score (nSPS) is 18.0. The topological polar surface area (TPSA) is 50.2 Å². The van der Waals surface area contributed by atoms with E-state index in [9.17, 15) is 4.79 Å². The van der Waals surface area contributed by atoms with Crippen molar-refractivity contribution in [1.82, 2.24) is 20.0 Å². The van der Waals surface area contributed by atoms with Crippen LogP contribution in [0.2, 0.25) is 5.02 Å². The molecule has 1 fully saturated rings. The van der Waals surface area contributed by atoms with Gasteiger partial charge in [0, 0.05) is 18.1 Å². The Morgan fingerprint density at radius 3 is 3.04 bits per heavy atom. The molecule has 1 aromatic heterocycles. The molecule has 2 aromatic rings. The number of benzene rings is 1. The minimum absolute atomic E-state index is 0.0709. The molecule has 24 heavy (non-hydrogen) atoms. The molecule has 128 valence electrons. The highest BCUT2D eigenvalue weighted by atomic mass is 35.5. The molecule has 0 bridgehead atoms. The van der Waals surface area contributed by atoms with E-state index in [1.165, 1.54) is 6.42 Å². The van der Waals surface area contributed by atoms with Crippen molar-refractivity contribution in [3.8, 4) is 5.69 Å². The number of rotatable bonds is 4. The number of likely N-dealkylation sites (tertiary alicyclic amines) is 1.